The normalized spacial score (nSPS) is 13.6. The Morgan fingerprint density at radius 1 is 0.882 bits per heavy atom. The largest absolute Gasteiger partial charge is 0.353 e. The lowest BCUT2D eigenvalue weighted by Crippen LogP contribution is -2.49. The van der Waals surface area contributed by atoms with Crippen LogP contribution in [0.15, 0.2) is 72.9 Å². The molecule has 176 valence electrons. The van der Waals surface area contributed by atoms with Crippen molar-refractivity contribution in [2.45, 2.75) is 26.2 Å². The molecule has 2 heterocycles. The highest BCUT2D eigenvalue weighted by atomic mass is 16.2. The number of aryl methyl sites for hydroxylation is 2. The number of piperazine rings is 1. The zero-order valence-electron chi connectivity index (χ0n) is 19.7. The van der Waals surface area contributed by atoms with Gasteiger partial charge >= 0.3 is 0 Å². The minimum Gasteiger partial charge on any atom is -0.353 e. The van der Waals surface area contributed by atoms with Gasteiger partial charge in [0, 0.05) is 38.9 Å². The van der Waals surface area contributed by atoms with Crippen LogP contribution < -0.4 is 10.2 Å². The number of carbonyl (C=O) groups is 2. The predicted octanol–water partition coefficient (Wildman–Crippen LogP) is 3.64. The lowest BCUT2D eigenvalue weighted by molar-refractivity contribution is -0.130. The van der Waals surface area contributed by atoms with E-state index < -0.39 is 0 Å². The number of nitrogens with zero attached hydrogens (tertiary/aromatic N) is 3. The van der Waals surface area contributed by atoms with Crippen LogP contribution >= 0.6 is 0 Å². The van der Waals surface area contributed by atoms with Gasteiger partial charge in [-0.25, -0.2) is 4.98 Å². The average Bonchev–Trinajstić information content (AvgIpc) is 2.88. The SMILES string of the molecule is Cc1ccc(CC(=O)N2CCN(c3ccc(C(=O)NCCCc4ccccc4)cn3)CC2)cc1. The molecule has 3 aromatic rings. The summed E-state index contributed by atoms with van der Waals surface area (Å²) in [7, 11) is 0. The molecule has 6 heteroatoms. The molecule has 1 aliphatic heterocycles. The van der Waals surface area contributed by atoms with E-state index in [-0.39, 0.29) is 11.8 Å². The molecular weight excluding hydrogens is 424 g/mol. The molecule has 0 radical (unpaired) electrons. The van der Waals surface area contributed by atoms with Crippen molar-refractivity contribution >= 4 is 17.6 Å². The van der Waals surface area contributed by atoms with Crippen LogP contribution in [0.1, 0.15) is 33.5 Å². The second-order valence-corrected chi connectivity index (χ2v) is 8.78. The van der Waals surface area contributed by atoms with Gasteiger partial charge in [-0.2, -0.15) is 0 Å². The average molecular weight is 457 g/mol. The first-order chi connectivity index (χ1) is 16.6. The third-order valence-electron chi connectivity index (χ3n) is 6.21. The topological polar surface area (TPSA) is 65.5 Å². The fourth-order valence-electron chi connectivity index (χ4n) is 4.13. The van der Waals surface area contributed by atoms with Gasteiger partial charge in [0.05, 0.1) is 12.0 Å². The smallest absolute Gasteiger partial charge is 0.252 e. The number of hydrogen-bond acceptors (Lipinski definition) is 4. The summed E-state index contributed by atoms with van der Waals surface area (Å²) in [5, 5.41) is 2.97. The third kappa shape index (κ3) is 6.44. The third-order valence-corrected chi connectivity index (χ3v) is 6.21. The number of aromatic nitrogens is 1. The Labute approximate surface area is 201 Å². The molecule has 0 atom stereocenters. The molecule has 0 bridgehead atoms. The van der Waals surface area contributed by atoms with Crippen LogP contribution in [0.4, 0.5) is 5.82 Å². The van der Waals surface area contributed by atoms with Crippen molar-refractivity contribution in [2.24, 2.45) is 0 Å². The predicted molar refractivity (Wildman–Crippen MR) is 135 cm³/mol. The summed E-state index contributed by atoms with van der Waals surface area (Å²) < 4.78 is 0. The zero-order valence-corrected chi connectivity index (χ0v) is 19.7. The van der Waals surface area contributed by atoms with Crippen molar-refractivity contribution in [1.29, 1.82) is 0 Å². The van der Waals surface area contributed by atoms with Gasteiger partial charge in [-0.1, -0.05) is 60.2 Å². The van der Waals surface area contributed by atoms with Crippen LogP contribution in [0.3, 0.4) is 0 Å². The molecule has 1 N–H and O–H groups in total. The number of rotatable bonds is 8. The molecular formula is C28H32N4O2. The summed E-state index contributed by atoms with van der Waals surface area (Å²) in [6.07, 6.45) is 3.91. The standard InChI is InChI=1S/C28H32N4O2/c1-22-9-11-24(12-10-22)20-27(33)32-18-16-31(17-19-32)26-14-13-25(21-30-26)28(34)29-15-5-8-23-6-3-2-4-7-23/h2-4,6-7,9-14,21H,5,8,15-20H2,1H3,(H,29,34). The van der Waals surface area contributed by atoms with Crippen molar-refractivity contribution < 1.29 is 9.59 Å². The van der Waals surface area contributed by atoms with Crippen LogP contribution in [0.25, 0.3) is 0 Å². The first-order valence-corrected chi connectivity index (χ1v) is 11.9. The van der Waals surface area contributed by atoms with Gasteiger partial charge in [-0.3, -0.25) is 9.59 Å². The molecule has 1 aromatic heterocycles. The molecule has 1 aliphatic rings. The Morgan fingerprint density at radius 2 is 1.62 bits per heavy atom. The van der Waals surface area contributed by atoms with E-state index >= 15 is 0 Å². The second-order valence-electron chi connectivity index (χ2n) is 8.78. The molecule has 6 nitrogen and oxygen atoms in total. The molecule has 2 amide bonds. The highest BCUT2D eigenvalue weighted by molar-refractivity contribution is 5.94. The Bertz CT molecular complexity index is 1070. The van der Waals surface area contributed by atoms with Crippen molar-refractivity contribution in [3.63, 3.8) is 0 Å². The summed E-state index contributed by atoms with van der Waals surface area (Å²) in [5.41, 5.74) is 4.09. The number of pyridine rings is 1. The molecule has 0 saturated carbocycles. The number of nitrogens with one attached hydrogen (secondary N) is 1. The first-order valence-electron chi connectivity index (χ1n) is 11.9. The maximum absolute atomic E-state index is 12.7. The Hall–Kier alpha value is -3.67. The minimum atomic E-state index is -0.0985. The molecule has 4 rings (SSSR count). The Morgan fingerprint density at radius 3 is 2.29 bits per heavy atom. The summed E-state index contributed by atoms with van der Waals surface area (Å²) in [4.78, 5) is 33.7. The van der Waals surface area contributed by atoms with Crippen LogP contribution in [0.5, 0.6) is 0 Å². The quantitative estimate of drug-likeness (QED) is 0.526. The van der Waals surface area contributed by atoms with Crippen molar-refractivity contribution in [3.05, 3.63) is 95.2 Å². The van der Waals surface area contributed by atoms with Gasteiger partial charge < -0.3 is 15.1 Å². The van der Waals surface area contributed by atoms with E-state index in [1.54, 1.807) is 6.20 Å². The van der Waals surface area contributed by atoms with Gasteiger partial charge in [0.2, 0.25) is 5.91 Å². The lowest BCUT2D eigenvalue weighted by atomic mass is 10.1. The maximum Gasteiger partial charge on any atom is 0.252 e. The van der Waals surface area contributed by atoms with Crippen molar-refractivity contribution in [1.82, 2.24) is 15.2 Å². The summed E-state index contributed by atoms with van der Waals surface area (Å²) in [5.74, 6) is 0.903. The van der Waals surface area contributed by atoms with Crippen molar-refractivity contribution in [3.8, 4) is 0 Å². The lowest BCUT2D eigenvalue weighted by Gasteiger charge is -2.35. The molecule has 1 saturated heterocycles. The Kier molecular flexibility index (Phi) is 7.91. The minimum absolute atomic E-state index is 0.0985. The van der Waals surface area contributed by atoms with E-state index in [9.17, 15) is 9.59 Å². The fourth-order valence-corrected chi connectivity index (χ4v) is 4.13. The molecule has 0 aliphatic carbocycles. The second kappa shape index (κ2) is 11.5. The zero-order chi connectivity index (χ0) is 23.8. The van der Waals surface area contributed by atoms with Crippen LogP contribution in [0.2, 0.25) is 0 Å². The molecule has 34 heavy (non-hydrogen) atoms. The number of amides is 2. The molecule has 2 aromatic carbocycles. The number of anilines is 1. The monoisotopic (exact) mass is 456 g/mol. The Balaban J connectivity index is 1.20. The van der Waals surface area contributed by atoms with Gasteiger partial charge in [0.15, 0.2) is 0 Å². The summed E-state index contributed by atoms with van der Waals surface area (Å²) in [6, 6.07) is 22.1. The van der Waals surface area contributed by atoms with E-state index in [0.29, 0.717) is 31.6 Å². The summed E-state index contributed by atoms with van der Waals surface area (Å²) >= 11 is 0. The van der Waals surface area contributed by atoms with E-state index in [4.69, 9.17) is 0 Å². The molecule has 0 unspecified atom stereocenters. The van der Waals surface area contributed by atoms with Gasteiger partial charge in [0.25, 0.3) is 5.91 Å². The van der Waals surface area contributed by atoms with Crippen LogP contribution in [-0.2, 0) is 17.6 Å². The van der Waals surface area contributed by atoms with Crippen molar-refractivity contribution in [2.75, 3.05) is 37.6 Å². The van der Waals surface area contributed by atoms with E-state index in [0.717, 1.165) is 37.3 Å². The van der Waals surface area contributed by atoms with E-state index in [1.165, 1.54) is 11.1 Å². The highest BCUT2D eigenvalue weighted by Gasteiger charge is 2.22. The summed E-state index contributed by atoms with van der Waals surface area (Å²) in [6.45, 7) is 5.50. The first kappa shape index (κ1) is 23.5. The van der Waals surface area contributed by atoms with E-state index in [2.05, 4.69) is 27.3 Å². The van der Waals surface area contributed by atoms with Gasteiger partial charge in [0.1, 0.15) is 5.82 Å². The molecule has 0 spiro atoms. The van der Waals surface area contributed by atoms with Crippen LogP contribution in [-0.4, -0.2) is 54.4 Å². The van der Waals surface area contributed by atoms with Gasteiger partial charge in [-0.05, 0) is 43.0 Å². The number of carbonyl (C=O) groups excluding carboxylic acids is 2. The highest BCUT2D eigenvalue weighted by Crippen LogP contribution is 2.15. The fraction of sp³-hybridized carbons (Fsp3) is 0.321. The molecule has 1 fully saturated rings. The van der Waals surface area contributed by atoms with Crippen LogP contribution in [0, 0.1) is 6.92 Å². The van der Waals surface area contributed by atoms with E-state index in [1.807, 2.05) is 66.4 Å². The number of hydrogen-bond donors (Lipinski definition) is 1. The van der Waals surface area contributed by atoms with Gasteiger partial charge in [-0.15, -0.1) is 0 Å². The maximum atomic E-state index is 12.7. The number of benzene rings is 2.